The second-order valence-electron chi connectivity index (χ2n) is 6.28. The topological polar surface area (TPSA) is 50.7 Å². The highest BCUT2D eigenvalue weighted by Gasteiger charge is 2.16. The Balaban J connectivity index is 1.35. The fourth-order valence-electron chi connectivity index (χ4n) is 2.77. The number of halogens is 1. The standard InChI is InChI=1S/C23H17ClN2O2S/c24-21-19-8-4-5-9-20(19)29-22(21)23(27)26-25-14-16-10-12-18(13-11-16)28-15-17-6-2-1-3-7-17/h1-14H,15H2,(H,26,27). The minimum atomic E-state index is -0.324. The minimum absolute atomic E-state index is 0.324. The summed E-state index contributed by atoms with van der Waals surface area (Å²) in [6, 6.07) is 25.1. The molecular formula is C23H17ClN2O2S. The van der Waals surface area contributed by atoms with Gasteiger partial charge in [-0.15, -0.1) is 11.3 Å². The summed E-state index contributed by atoms with van der Waals surface area (Å²) in [4.78, 5) is 12.8. The average Bonchev–Trinajstić information content (AvgIpc) is 3.11. The molecule has 0 radical (unpaired) electrons. The maximum atomic E-state index is 12.4. The van der Waals surface area contributed by atoms with Crippen LogP contribution < -0.4 is 10.2 Å². The van der Waals surface area contributed by atoms with Crippen LogP contribution in [0, 0.1) is 0 Å². The Bertz CT molecular complexity index is 1150. The number of benzene rings is 3. The number of carbonyl (C=O) groups excluding carboxylic acids is 1. The van der Waals surface area contributed by atoms with Gasteiger partial charge in [-0.1, -0.05) is 60.1 Å². The lowest BCUT2D eigenvalue weighted by Gasteiger charge is -2.06. The maximum absolute atomic E-state index is 12.4. The molecule has 0 aliphatic heterocycles. The third kappa shape index (κ3) is 4.65. The van der Waals surface area contributed by atoms with Crippen LogP contribution in [0.15, 0.2) is 84.0 Å². The van der Waals surface area contributed by atoms with E-state index in [1.54, 1.807) is 6.21 Å². The summed E-state index contributed by atoms with van der Waals surface area (Å²) < 4.78 is 6.73. The number of fused-ring (bicyclic) bond motifs is 1. The van der Waals surface area contributed by atoms with Gasteiger partial charge in [0, 0.05) is 10.1 Å². The van der Waals surface area contributed by atoms with Crippen LogP contribution in [0.1, 0.15) is 20.8 Å². The molecular weight excluding hydrogens is 404 g/mol. The van der Waals surface area contributed by atoms with E-state index >= 15 is 0 Å². The van der Waals surface area contributed by atoms with Crippen molar-refractivity contribution in [1.82, 2.24) is 5.43 Å². The van der Waals surface area contributed by atoms with Gasteiger partial charge in [-0.25, -0.2) is 5.43 Å². The van der Waals surface area contributed by atoms with E-state index in [1.165, 1.54) is 11.3 Å². The van der Waals surface area contributed by atoms with E-state index in [2.05, 4.69) is 10.5 Å². The number of carbonyl (C=O) groups is 1. The monoisotopic (exact) mass is 420 g/mol. The third-order valence-corrected chi connectivity index (χ3v) is 5.92. The highest BCUT2D eigenvalue weighted by molar-refractivity contribution is 7.21. The lowest BCUT2D eigenvalue weighted by molar-refractivity contribution is 0.0959. The van der Waals surface area contributed by atoms with Crippen LogP contribution >= 0.6 is 22.9 Å². The highest BCUT2D eigenvalue weighted by atomic mass is 35.5. The first-order chi connectivity index (χ1) is 14.2. The van der Waals surface area contributed by atoms with Crippen molar-refractivity contribution < 1.29 is 9.53 Å². The van der Waals surface area contributed by atoms with Crippen molar-refractivity contribution in [3.63, 3.8) is 0 Å². The highest BCUT2D eigenvalue weighted by Crippen LogP contribution is 2.34. The zero-order chi connectivity index (χ0) is 20.1. The van der Waals surface area contributed by atoms with Gasteiger partial charge in [0.2, 0.25) is 0 Å². The summed E-state index contributed by atoms with van der Waals surface area (Å²) in [6.07, 6.45) is 1.58. The predicted octanol–water partition coefficient (Wildman–Crippen LogP) is 5.90. The van der Waals surface area contributed by atoms with Gasteiger partial charge in [0.25, 0.3) is 5.91 Å². The summed E-state index contributed by atoms with van der Waals surface area (Å²) >= 11 is 7.67. The Kier molecular flexibility index (Phi) is 5.89. The van der Waals surface area contributed by atoms with Crippen molar-refractivity contribution in [2.45, 2.75) is 6.61 Å². The zero-order valence-electron chi connectivity index (χ0n) is 15.3. The SMILES string of the molecule is O=C(NN=Cc1ccc(OCc2ccccc2)cc1)c1sc2ccccc2c1Cl. The van der Waals surface area contributed by atoms with Crippen LogP contribution in [0.3, 0.4) is 0 Å². The first-order valence-corrected chi connectivity index (χ1v) is 10.2. The molecule has 0 saturated heterocycles. The molecule has 6 heteroatoms. The number of ether oxygens (including phenoxy) is 1. The van der Waals surface area contributed by atoms with Crippen LogP contribution in [0.5, 0.6) is 5.75 Å². The summed E-state index contributed by atoms with van der Waals surface area (Å²) in [5, 5.41) is 5.37. The van der Waals surface area contributed by atoms with Crippen molar-refractivity contribution in [3.05, 3.63) is 99.9 Å². The van der Waals surface area contributed by atoms with Crippen LogP contribution in [0.25, 0.3) is 10.1 Å². The number of rotatable bonds is 6. The molecule has 0 fully saturated rings. The Morgan fingerprint density at radius 2 is 1.72 bits per heavy atom. The van der Waals surface area contributed by atoms with Crippen molar-refractivity contribution in [1.29, 1.82) is 0 Å². The van der Waals surface area contributed by atoms with Gasteiger partial charge >= 0.3 is 0 Å². The molecule has 0 unspecified atom stereocenters. The molecule has 4 rings (SSSR count). The second kappa shape index (κ2) is 8.90. The van der Waals surface area contributed by atoms with Gasteiger partial charge in [0.05, 0.1) is 11.2 Å². The maximum Gasteiger partial charge on any atom is 0.283 e. The molecule has 0 atom stereocenters. The third-order valence-electron chi connectivity index (χ3n) is 4.25. The fraction of sp³-hybridized carbons (Fsp3) is 0.0435. The largest absolute Gasteiger partial charge is 0.489 e. The van der Waals surface area contributed by atoms with Crippen molar-refractivity contribution in [2.24, 2.45) is 5.10 Å². The summed E-state index contributed by atoms with van der Waals surface area (Å²) in [7, 11) is 0. The lowest BCUT2D eigenvalue weighted by atomic mass is 10.2. The van der Waals surface area contributed by atoms with Gasteiger partial charge < -0.3 is 4.74 Å². The summed E-state index contributed by atoms with van der Waals surface area (Å²) in [6.45, 7) is 0.514. The molecule has 0 bridgehead atoms. The minimum Gasteiger partial charge on any atom is -0.489 e. The molecule has 0 saturated carbocycles. The van der Waals surface area contributed by atoms with Crippen molar-refractivity contribution in [3.8, 4) is 5.75 Å². The van der Waals surface area contributed by atoms with E-state index in [0.717, 1.165) is 27.0 Å². The Hall–Kier alpha value is -3.15. The van der Waals surface area contributed by atoms with E-state index in [1.807, 2.05) is 78.9 Å². The Labute approximate surface area is 177 Å². The van der Waals surface area contributed by atoms with Crippen LogP contribution in [-0.2, 0) is 6.61 Å². The summed E-state index contributed by atoms with van der Waals surface area (Å²) in [5.41, 5.74) is 4.49. The second-order valence-corrected chi connectivity index (χ2v) is 7.71. The van der Waals surface area contributed by atoms with Crippen LogP contribution in [-0.4, -0.2) is 12.1 Å². The number of nitrogens with zero attached hydrogens (tertiary/aromatic N) is 1. The smallest absolute Gasteiger partial charge is 0.283 e. The van der Waals surface area contributed by atoms with E-state index < -0.39 is 0 Å². The molecule has 1 N–H and O–H groups in total. The molecule has 1 aromatic heterocycles. The first kappa shape index (κ1) is 19.2. The molecule has 4 nitrogen and oxygen atoms in total. The molecule has 29 heavy (non-hydrogen) atoms. The number of thiophene rings is 1. The lowest BCUT2D eigenvalue weighted by Crippen LogP contribution is -2.16. The predicted molar refractivity (Wildman–Crippen MR) is 119 cm³/mol. The molecule has 0 aliphatic rings. The van der Waals surface area contributed by atoms with Gasteiger partial charge in [-0.2, -0.15) is 5.10 Å². The normalized spacial score (nSPS) is 11.1. The van der Waals surface area contributed by atoms with E-state index in [4.69, 9.17) is 16.3 Å². The first-order valence-electron chi connectivity index (χ1n) is 8.98. The van der Waals surface area contributed by atoms with Gasteiger partial charge in [-0.05, 0) is 41.5 Å². The number of hydrogen-bond acceptors (Lipinski definition) is 4. The number of nitrogens with one attached hydrogen (secondary N) is 1. The molecule has 1 heterocycles. The van der Waals surface area contributed by atoms with Crippen molar-refractivity contribution >= 4 is 45.1 Å². The van der Waals surface area contributed by atoms with Gasteiger partial charge in [-0.3, -0.25) is 4.79 Å². The quantitative estimate of drug-likeness (QED) is 0.312. The van der Waals surface area contributed by atoms with Gasteiger partial charge in [0.1, 0.15) is 17.2 Å². The molecule has 0 spiro atoms. The zero-order valence-corrected chi connectivity index (χ0v) is 16.9. The molecule has 4 aromatic rings. The number of hydrazone groups is 1. The van der Waals surface area contributed by atoms with Crippen LogP contribution in [0.4, 0.5) is 0 Å². The van der Waals surface area contributed by atoms with Crippen LogP contribution in [0.2, 0.25) is 5.02 Å². The van der Waals surface area contributed by atoms with E-state index in [-0.39, 0.29) is 5.91 Å². The van der Waals surface area contributed by atoms with Crippen molar-refractivity contribution in [2.75, 3.05) is 0 Å². The average molecular weight is 421 g/mol. The molecule has 3 aromatic carbocycles. The van der Waals surface area contributed by atoms with E-state index in [9.17, 15) is 4.79 Å². The molecule has 144 valence electrons. The molecule has 1 amide bonds. The Morgan fingerprint density at radius 1 is 1.00 bits per heavy atom. The Morgan fingerprint density at radius 3 is 2.48 bits per heavy atom. The summed E-state index contributed by atoms with van der Waals surface area (Å²) in [5.74, 6) is 0.447. The molecule has 0 aliphatic carbocycles. The number of amides is 1. The van der Waals surface area contributed by atoms with E-state index in [0.29, 0.717) is 16.5 Å². The number of hydrogen-bond donors (Lipinski definition) is 1. The van der Waals surface area contributed by atoms with Gasteiger partial charge in [0.15, 0.2) is 0 Å². The fourth-order valence-corrected chi connectivity index (χ4v) is 4.17.